The van der Waals surface area contributed by atoms with Crippen LogP contribution in [0.1, 0.15) is 6.42 Å². The van der Waals surface area contributed by atoms with Crippen LogP contribution in [0, 0.1) is 0 Å². The number of methoxy groups -OCH3 is 2. The molecule has 0 aliphatic carbocycles. The van der Waals surface area contributed by atoms with Crippen LogP contribution in [0.4, 0.5) is 11.4 Å². The maximum Gasteiger partial charge on any atom is 0.233 e. The van der Waals surface area contributed by atoms with Crippen LogP contribution < -0.4 is 20.1 Å². The molecule has 132 valence electrons. The summed E-state index contributed by atoms with van der Waals surface area (Å²) in [7, 11) is 3.01. The standard InChI is InChI=1S/C17H16Cl2N2O4/c1-24-13-7-6-10(8-14(13)25-2)20-15(22)9-16(23)21-12-5-3-4-11(18)17(12)19/h3-8H,9H2,1-2H3,(H,20,22)(H,21,23). The summed E-state index contributed by atoms with van der Waals surface area (Å²) in [5, 5.41) is 5.70. The molecule has 0 heterocycles. The van der Waals surface area contributed by atoms with Crippen LogP contribution in [0.3, 0.4) is 0 Å². The Kier molecular flexibility index (Phi) is 6.50. The summed E-state index contributed by atoms with van der Waals surface area (Å²) < 4.78 is 10.3. The number of benzene rings is 2. The van der Waals surface area contributed by atoms with E-state index in [-0.39, 0.29) is 11.4 Å². The maximum atomic E-state index is 12.0. The first-order chi connectivity index (χ1) is 11.9. The summed E-state index contributed by atoms with van der Waals surface area (Å²) in [4.78, 5) is 24.0. The first-order valence-corrected chi connectivity index (χ1v) is 7.96. The summed E-state index contributed by atoms with van der Waals surface area (Å²) in [6.45, 7) is 0. The molecule has 0 saturated heterocycles. The average Bonchev–Trinajstić information content (AvgIpc) is 2.58. The molecule has 2 amide bonds. The zero-order valence-electron chi connectivity index (χ0n) is 13.6. The van der Waals surface area contributed by atoms with Gasteiger partial charge in [0, 0.05) is 11.8 Å². The molecule has 0 bridgehead atoms. The number of halogens is 2. The van der Waals surface area contributed by atoms with Crippen molar-refractivity contribution in [2.24, 2.45) is 0 Å². The third-order valence-electron chi connectivity index (χ3n) is 3.21. The van der Waals surface area contributed by atoms with Gasteiger partial charge in [-0.3, -0.25) is 9.59 Å². The van der Waals surface area contributed by atoms with E-state index in [9.17, 15) is 9.59 Å². The van der Waals surface area contributed by atoms with Crippen molar-refractivity contribution >= 4 is 46.4 Å². The molecule has 0 unspecified atom stereocenters. The van der Waals surface area contributed by atoms with Crippen LogP contribution in [0.5, 0.6) is 11.5 Å². The molecule has 2 aromatic rings. The molecule has 2 rings (SSSR count). The number of amides is 2. The van der Waals surface area contributed by atoms with Gasteiger partial charge in [0.05, 0.1) is 30.0 Å². The van der Waals surface area contributed by atoms with Gasteiger partial charge < -0.3 is 20.1 Å². The molecule has 0 saturated carbocycles. The fourth-order valence-corrected chi connectivity index (χ4v) is 2.41. The molecular formula is C17H16Cl2N2O4. The average molecular weight is 383 g/mol. The lowest BCUT2D eigenvalue weighted by Crippen LogP contribution is -2.21. The summed E-state index contributed by atoms with van der Waals surface area (Å²) in [6, 6.07) is 9.74. The minimum atomic E-state index is -0.512. The van der Waals surface area contributed by atoms with Crippen molar-refractivity contribution in [3.05, 3.63) is 46.4 Å². The normalized spacial score (nSPS) is 10.1. The SMILES string of the molecule is COc1ccc(NC(=O)CC(=O)Nc2cccc(Cl)c2Cl)cc1OC. The van der Waals surface area contributed by atoms with E-state index in [0.717, 1.165) is 0 Å². The molecule has 25 heavy (non-hydrogen) atoms. The molecule has 6 nitrogen and oxygen atoms in total. The molecule has 0 spiro atoms. The fourth-order valence-electron chi connectivity index (χ4n) is 2.06. The lowest BCUT2D eigenvalue weighted by atomic mass is 10.2. The second-order valence-electron chi connectivity index (χ2n) is 4.94. The van der Waals surface area contributed by atoms with Gasteiger partial charge in [0.15, 0.2) is 11.5 Å². The number of hydrogen-bond acceptors (Lipinski definition) is 4. The second-order valence-corrected chi connectivity index (χ2v) is 5.73. The van der Waals surface area contributed by atoms with E-state index in [1.54, 1.807) is 36.4 Å². The lowest BCUT2D eigenvalue weighted by molar-refractivity contribution is -0.123. The molecule has 0 radical (unpaired) electrons. The first-order valence-electron chi connectivity index (χ1n) is 7.20. The van der Waals surface area contributed by atoms with E-state index in [2.05, 4.69) is 10.6 Å². The predicted molar refractivity (Wildman–Crippen MR) is 97.9 cm³/mol. The van der Waals surface area contributed by atoms with Gasteiger partial charge in [0.2, 0.25) is 11.8 Å². The number of carbonyl (C=O) groups excluding carboxylic acids is 2. The molecule has 2 N–H and O–H groups in total. The Labute approximate surface area is 155 Å². The zero-order chi connectivity index (χ0) is 18.4. The van der Waals surface area contributed by atoms with Gasteiger partial charge >= 0.3 is 0 Å². The van der Waals surface area contributed by atoms with Crippen molar-refractivity contribution < 1.29 is 19.1 Å². The van der Waals surface area contributed by atoms with E-state index in [4.69, 9.17) is 32.7 Å². The number of anilines is 2. The largest absolute Gasteiger partial charge is 0.493 e. The van der Waals surface area contributed by atoms with E-state index in [0.29, 0.717) is 27.9 Å². The predicted octanol–water partition coefficient (Wildman–Crippen LogP) is 3.98. The molecule has 0 aliphatic rings. The van der Waals surface area contributed by atoms with Gasteiger partial charge in [-0.25, -0.2) is 0 Å². The molecule has 0 atom stereocenters. The Hall–Kier alpha value is -2.44. The van der Waals surface area contributed by atoms with Crippen LogP contribution >= 0.6 is 23.2 Å². The molecule has 2 aromatic carbocycles. The number of hydrogen-bond donors (Lipinski definition) is 2. The minimum absolute atomic E-state index is 0.220. The molecule has 0 fully saturated rings. The van der Waals surface area contributed by atoms with Crippen molar-refractivity contribution in [2.75, 3.05) is 24.9 Å². The van der Waals surface area contributed by atoms with Crippen LogP contribution in [0.25, 0.3) is 0 Å². The number of rotatable bonds is 6. The summed E-state index contributed by atoms with van der Waals surface area (Å²) in [5.74, 6) is 0.00862. The van der Waals surface area contributed by atoms with Gasteiger partial charge in [-0.05, 0) is 24.3 Å². The van der Waals surface area contributed by atoms with Gasteiger partial charge in [-0.2, -0.15) is 0 Å². The van der Waals surface area contributed by atoms with Gasteiger partial charge in [-0.1, -0.05) is 29.3 Å². The topological polar surface area (TPSA) is 76.7 Å². The smallest absolute Gasteiger partial charge is 0.233 e. The number of ether oxygens (including phenoxy) is 2. The highest BCUT2D eigenvalue weighted by Gasteiger charge is 2.13. The summed E-state index contributed by atoms with van der Waals surface area (Å²) >= 11 is 11.9. The third-order valence-corrected chi connectivity index (χ3v) is 4.03. The van der Waals surface area contributed by atoms with E-state index < -0.39 is 11.8 Å². The highest BCUT2D eigenvalue weighted by molar-refractivity contribution is 6.44. The Balaban J connectivity index is 1.98. The van der Waals surface area contributed by atoms with Crippen LogP contribution in [0.15, 0.2) is 36.4 Å². The monoisotopic (exact) mass is 382 g/mol. The summed E-state index contributed by atoms with van der Waals surface area (Å²) in [6.07, 6.45) is -0.378. The van der Waals surface area contributed by atoms with Crippen LogP contribution in [-0.2, 0) is 9.59 Å². The first kappa shape index (κ1) is 18.9. The Bertz CT molecular complexity index is 796. The quantitative estimate of drug-likeness (QED) is 0.740. The molecule has 0 aliphatic heterocycles. The van der Waals surface area contributed by atoms with Gasteiger partial charge in [0.1, 0.15) is 6.42 Å². The van der Waals surface area contributed by atoms with Gasteiger partial charge in [0.25, 0.3) is 0 Å². The number of nitrogens with one attached hydrogen (secondary N) is 2. The maximum absolute atomic E-state index is 12.0. The van der Waals surface area contributed by atoms with E-state index in [1.165, 1.54) is 14.2 Å². The highest BCUT2D eigenvalue weighted by Crippen LogP contribution is 2.30. The lowest BCUT2D eigenvalue weighted by Gasteiger charge is -2.11. The number of carbonyl (C=O) groups is 2. The Morgan fingerprint density at radius 1 is 0.960 bits per heavy atom. The molecule has 8 heteroatoms. The van der Waals surface area contributed by atoms with E-state index in [1.807, 2.05) is 0 Å². The van der Waals surface area contributed by atoms with Crippen LogP contribution in [0.2, 0.25) is 10.0 Å². The fraction of sp³-hybridized carbons (Fsp3) is 0.176. The Morgan fingerprint density at radius 3 is 2.32 bits per heavy atom. The molecule has 0 aromatic heterocycles. The van der Waals surface area contributed by atoms with E-state index >= 15 is 0 Å². The second kappa shape index (κ2) is 8.60. The van der Waals surface area contributed by atoms with Crippen molar-refractivity contribution in [1.29, 1.82) is 0 Å². The van der Waals surface area contributed by atoms with Crippen LogP contribution in [-0.4, -0.2) is 26.0 Å². The summed E-state index contributed by atoms with van der Waals surface area (Å²) in [5.41, 5.74) is 0.828. The zero-order valence-corrected chi connectivity index (χ0v) is 15.1. The van der Waals surface area contributed by atoms with Crippen molar-refractivity contribution in [3.8, 4) is 11.5 Å². The van der Waals surface area contributed by atoms with Crippen molar-refractivity contribution in [2.45, 2.75) is 6.42 Å². The Morgan fingerprint density at radius 2 is 1.64 bits per heavy atom. The minimum Gasteiger partial charge on any atom is -0.493 e. The van der Waals surface area contributed by atoms with Crippen molar-refractivity contribution in [3.63, 3.8) is 0 Å². The third kappa shape index (κ3) is 5.01. The van der Waals surface area contributed by atoms with Crippen molar-refractivity contribution in [1.82, 2.24) is 0 Å². The van der Waals surface area contributed by atoms with Gasteiger partial charge in [-0.15, -0.1) is 0 Å². The molecular weight excluding hydrogens is 367 g/mol. The highest BCUT2D eigenvalue weighted by atomic mass is 35.5.